The van der Waals surface area contributed by atoms with Crippen LogP contribution in [-0.4, -0.2) is 0 Å². The van der Waals surface area contributed by atoms with Gasteiger partial charge in [0.05, 0.1) is 0 Å². The number of hydrogen-bond acceptors (Lipinski definition) is 0. The van der Waals surface area contributed by atoms with Crippen molar-refractivity contribution in [1.29, 1.82) is 0 Å². The molecule has 1 aliphatic carbocycles. The summed E-state index contributed by atoms with van der Waals surface area (Å²) in [6.07, 6.45) is 9.50. The number of allylic oxidation sites excluding steroid dienone is 4. The monoisotopic (exact) mass is 234 g/mol. The Morgan fingerprint density at radius 1 is 0.909 bits per heavy atom. The zero-order valence-electron chi connectivity index (χ0n) is 6.24. The van der Waals surface area contributed by atoms with Gasteiger partial charge in [0.25, 0.3) is 0 Å². The Labute approximate surface area is 80.7 Å². The molecule has 0 amide bonds. The molecule has 0 fully saturated rings. The second kappa shape index (κ2) is 7.56. The first-order chi connectivity index (χ1) is 5.00. The normalized spacial score (nSPS) is 11.6. The summed E-state index contributed by atoms with van der Waals surface area (Å²) in [5.41, 5.74) is 0. The Morgan fingerprint density at radius 2 is 1.45 bits per heavy atom. The zero-order valence-corrected chi connectivity index (χ0v) is 7.88. The van der Waals surface area contributed by atoms with Gasteiger partial charge in [0.15, 0.2) is 0 Å². The second-order valence-corrected chi connectivity index (χ2v) is 2.05. The summed E-state index contributed by atoms with van der Waals surface area (Å²) in [5.74, 6) is 0. The van der Waals surface area contributed by atoms with Crippen LogP contribution in [0, 0.1) is 0 Å². The third-order valence-electron chi connectivity index (χ3n) is 1.21. The van der Waals surface area contributed by atoms with E-state index >= 15 is 0 Å². The van der Waals surface area contributed by atoms with E-state index in [0.29, 0.717) is 0 Å². The minimum absolute atomic E-state index is 0. The van der Waals surface area contributed by atoms with Crippen LogP contribution >= 0.6 is 0 Å². The van der Waals surface area contributed by atoms with E-state index in [4.69, 9.17) is 0 Å². The summed E-state index contributed by atoms with van der Waals surface area (Å²) in [6, 6.07) is 10.0. The van der Waals surface area contributed by atoms with Gasteiger partial charge in [-0.05, 0) is 6.42 Å². The summed E-state index contributed by atoms with van der Waals surface area (Å²) < 4.78 is 0. The summed E-state index contributed by atoms with van der Waals surface area (Å²) >= 11 is 0. The fraction of sp³-hybridized carbons (Fsp3) is 0.100. The molecular formula is C10H11Rh-. The zero-order chi connectivity index (χ0) is 7.07. The molecule has 0 spiro atoms. The van der Waals surface area contributed by atoms with Gasteiger partial charge in [-0.15, -0.1) is 0 Å². The summed E-state index contributed by atoms with van der Waals surface area (Å²) in [7, 11) is 0. The van der Waals surface area contributed by atoms with E-state index < -0.39 is 0 Å². The van der Waals surface area contributed by atoms with Crippen molar-refractivity contribution in [2.75, 3.05) is 0 Å². The van der Waals surface area contributed by atoms with Crippen molar-refractivity contribution >= 4 is 0 Å². The third kappa shape index (κ3) is 5.88. The summed E-state index contributed by atoms with van der Waals surface area (Å²) in [5, 5.41) is 0. The molecule has 11 heavy (non-hydrogen) atoms. The van der Waals surface area contributed by atoms with Crippen molar-refractivity contribution in [2.24, 2.45) is 0 Å². The topological polar surface area (TPSA) is 0 Å². The van der Waals surface area contributed by atoms with E-state index in [2.05, 4.69) is 24.3 Å². The quantitative estimate of drug-likeness (QED) is 0.478. The minimum Gasteiger partial charge on any atom is -0.214 e. The fourth-order valence-corrected chi connectivity index (χ4v) is 0.714. The maximum absolute atomic E-state index is 2.12. The molecule has 0 atom stereocenters. The predicted octanol–water partition coefficient (Wildman–Crippen LogP) is 2.91. The van der Waals surface area contributed by atoms with Crippen LogP contribution in [0.4, 0.5) is 0 Å². The molecule has 0 nitrogen and oxygen atoms in total. The molecule has 0 aromatic heterocycles. The molecule has 0 aliphatic heterocycles. The van der Waals surface area contributed by atoms with E-state index in [1.807, 2.05) is 30.3 Å². The van der Waals surface area contributed by atoms with Crippen molar-refractivity contribution in [3.8, 4) is 0 Å². The minimum atomic E-state index is 0. The van der Waals surface area contributed by atoms with Crippen LogP contribution in [0.2, 0.25) is 0 Å². The van der Waals surface area contributed by atoms with Gasteiger partial charge in [-0.1, -0.05) is 24.3 Å². The van der Waals surface area contributed by atoms with Gasteiger partial charge in [-0.2, -0.15) is 18.2 Å². The van der Waals surface area contributed by atoms with Gasteiger partial charge in [0, 0.05) is 19.5 Å². The van der Waals surface area contributed by atoms with E-state index in [-0.39, 0.29) is 19.5 Å². The standard InChI is InChI=1S/C5H6.C5H5.Rh/c2*1-2-4-5-3-1;/h1-4H,5H2;1-5H;/q;-1;. The molecule has 2 rings (SSSR count). The Bertz CT molecular complexity index is 167. The van der Waals surface area contributed by atoms with Crippen LogP contribution in [0.5, 0.6) is 0 Å². The predicted molar refractivity (Wildman–Crippen MR) is 44.9 cm³/mol. The van der Waals surface area contributed by atoms with Gasteiger partial charge in [0.2, 0.25) is 0 Å². The van der Waals surface area contributed by atoms with Crippen molar-refractivity contribution in [3.05, 3.63) is 54.6 Å². The molecule has 1 heteroatoms. The van der Waals surface area contributed by atoms with Crippen LogP contribution in [0.1, 0.15) is 6.42 Å². The maximum Gasteiger partial charge on any atom is 0 e. The molecule has 0 bridgehead atoms. The molecule has 0 unspecified atom stereocenters. The molecule has 1 radical (unpaired) electrons. The van der Waals surface area contributed by atoms with Gasteiger partial charge in [-0.25, -0.2) is 12.1 Å². The molecule has 1 aromatic rings. The first kappa shape index (κ1) is 10.5. The Balaban J connectivity index is 0.000000167. The molecule has 1 aliphatic rings. The number of hydrogen-bond donors (Lipinski definition) is 0. The molecule has 1 aromatic carbocycles. The van der Waals surface area contributed by atoms with E-state index in [1.54, 1.807) is 0 Å². The average molecular weight is 234 g/mol. The molecule has 61 valence electrons. The van der Waals surface area contributed by atoms with Crippen LogP contribution < -0.4 is 0 Å². The van der Waals surface area contributed by atoms with Crippen LogP contribution in [0.25, 0.3) is 0 Å². The molecule has 0 N–H and O–H groups in total. The fourth-order valence-electron chi connectivity index (χ4n) is 0.714. The summed E-state index contributed by atoms with van der Waals surface area (Å²) in [6.45, 7) is 0. The van der Waals surface area contributed by atoms with Gasteiger partial charge >= 0.3 is 0 Å². The van der Waals surface area contributed by atoms with Gasteiger partial charge in [-0.3, -0.25) is 0 Å². The van der Waals surface area contributed by atoms with E-state index in [0.717, 1.165) is 6.42 Å². The van der Waals surface area contributed by atoms with Crippen molar-refractivity contribution in [3.63, 3.8) is 0 Å². The Morgan fingerprint density at radius 3 is 1.64 bits per heavy atom. The SMILES string of the molecule is C1=CCC=C1.[Rh].c1cc[cH-]c1. The second-order valence-electron chi connectivity index (χ2n) is 2.05. The first-order valence-electron chi connectivity index (χ1n) is 3.48. The molecular weight excluding hydrogens is 223 g/mol. The third-order valence-corrected chi connectivity index (χ3v) is 1.21. The molecule has 0 saturated heterocycles. The first-order valence-corrected chi connectivity index (χ1v) is 3.48. The van der Waals surface area contributed by atoms with Crippen LogP contribution in [0.15, 0.2) is 54.6 Å². The van der Waals surface area contributed by atoms with Gasteiger partial charge in [0.1, 0.15) is 0 Å². The Hall–Kier alpha value is -0.547. The van der Waals surface area contributed by atoms with Crippen molar-refractivity contribution in [1.82, 2.24) is 0 Å². The van der Waals surface area contributed by atoms with Crippen molar-refractivity contribution in [2.45, 2.75) is 6.42 Å². The summed E-state index contributed by atoms with van der Waals surface area (Å²) in [4.78, 5) is 0. The largest absolute Gasteiger partial charge is 0.214 e. The van der Waals surface area contributed by atoms with Crippen LogP contribution in [0.3, 0.4) is 0 Å². The molecule has 0 saturated carbocycles. The number of rotatable bonds is 0. The van der Waals surface area contributed by atoms with Crippen LogP contribution in [-0.2, 0) is 19.5 Å². The van der Waals surface area contributed by atoms with Gasteiger partial charge < -0.3 is 0 Å². The average Bonchev–Trinajstić information content (AvgIpc) is 2.67. The Kier molecular flexibility index (Phi) is 7.18. The molecule has 0 heterocycles. The van der Waals surface area contributed by atoms with Crippen molar-refractivity contribution < 1.29 is 19.5 Å². The maximum atomic E-state index is 2.12. The smallest absolute Gasteiger partial charge is 0 e. The van der Waals surface area contributed by atoms with E-state index in [9.17, 15) is 0 Å². The van der Waals surface area contributed by atoms with E-state index in [1.165, 1.54) is 0 Å².